The number of nitrogens with one attached hydrogen (secondary N) is 1. The van der Waals surface area contributed by atoms with Crippen molar-refractivity contribution in [3.05, 3.63) is 11.0 Å². The molecule has 0 atom stereocenters. The second-order valence-electron chi connectivity index (χ2n) is 5.24. The van der Waals surface area contributed by atoms with Gasteiger partial charge < -0.3 is 11.1 Å². The molecule has 114 valence electrons. The molecule has 0 aliphatic rings. The van der Waals surface area contributed by atoms with Crippen LogP contribution < -0.4 is 11.1 Å². The number of aryl methyl sites for hydroxylation is 1. The maximum atomic E-state index is 5.91. The third-order valence-electron chi connectivity index (χ3n) is 3.43. The molecule has 3 N–H and O–H groups in total. The number of nitrogen functional groups attached to an aromatic ring is 1. The summed E-state index contributed by atoms with van der Waals surface area (Å²) in [5.74, 6) is 0.658. The molecule has 0 amide bonds. The molecule has 0 saturated carbocycles. The fourth-order valence-corrected chi connectivity index (χ4v) is 2.36. The lowest BCUT2D eigenvalue weighted by Gasteiger charge is -2.10. The third-order valence-corrected chi connectivity index (χ3v) is 3.60. The molecule has 0 radical (unpaired) electrons. The van der Waals surface area contributed by atoms with Gasteiger partial charge in [-0.3, -0.25) is 0 Å². The molecular formula is C15H27ClN4. The first-order valence-electron chi connectivity index (χ1n) is 7.68. The summed E-state index contributed by atoms with van der Waals surface area (Å²) in [5, 5.41) is 3.49. The van der Waals surface area contributed by atoms with Crippen LogP contribution in [0.1, 0.15) is 64.0 Å². The van der Waals surface area contributed by atoms with E-state index in [1.165, 1.54) is 44.9 Å². The number of halogens is 1. The van der Waals surface area contributed by atoms with Crippen LogP contribution in [0.4, 0.5) is 11.5 Å². The Kier molecular flexibility index (Phi) is 8.35. The molecule has 0 aliphatic carbocycles. The van der Waals surface area contributed by atoms with E-state index in [4.69, 9.17) is 17.3 Å². The Morgan fingerprint density at radius 1 is 1.00 bits per heavy atom. The minimum atomic E-state index is 0.245. The van der Waals surface area contributed by atoms with Crippen molar-refractivity contribution < 1.29 is 0 Å². The SMILES string of the molecule is CCCCCCCCCCNc1nc(Cl)nc(C)c1N. The highest BCUT2D eigenvalue weighted by atomic mass is 35.5. The summed E-state index contributed by atoms with van der Waals surface area (Å²) in [6.07, 6.45) is 10.5. The van der Waals surface area contributed by atoms with Gasteiger partial charge in [-0.2, -0.15) is 4.98 Å². The van der Waals surface area contributed by atoms with E-state index in [1.54, 1.807) is 0 Å². The van der Waals surface area contributed by atoms with Gasteiger partial charge >= 0.3 is 0 Å². The van der Waals surface area contributed by atoms with E-state index >= 15 is 0 Å². The molecular weight excluding hydrogens is 272 g/mol. The number of hydrogen-bond acceptors (Lipinski definition) is 4. The first-order valence-corrected chi connectivity index (χ1v) is 8.06. The van der Waals surface area contributed by atoms with Crippen LogP contribution in [0.25, 0.3) is 0 Å². The summed E-state index contributed by atoms with van der Waals surface area (Å²) in [6, 6.07) is 0. The zero-order chi connectivity index (χ0) is 14.8. The predicted octanol–water partition coefficient (Wildman–Crippen LogP) is 4.57. The van der Waals surface area contributed by atoms with Crippen molar-refractivity contribution in [2.45, 2.75) is 65.2 Å². The molecule has 20 heavy (non-hydrogen) atoms. The number of nitrogens with zero attached hydrogens (tertiary/aromatic N) is 2. The van der Waals surface area contributed by atoms with Crippen LogP contribution in [0.2, 0.25) is 5.28 Å². The Morgan fingerprint density at radius 3 is 2.25 bits per heavy atom. The highest BCUT2D eigenvalue weighted by Gasteiger charge is 2.06. The standard InChI is InChI=1S/C15H27ClN4/c1-3-4-5-6-7-8-9-10-11-18-14-13(17)12(2)19-15(16)20-14/h3-11,17H2,1-2H3,(H,18,19,20). The van der Waals surface area contributed by atoms with Crippen LogP contribution in [0, 0.1) is 6.92 Å². The van der Waals surface area contributed by atoms with Gasteiger partial charge in [-0.25, -0.2) is 4.98 Å². The lowest BCUT2D eigenvalue weighted by Crippen LogP contribution is -2.08. The molecule has 0 spiro atoms. The van der Waals surface area contributed by atoms with E-state index in [9.17, 15) is 0 Å². The highest BCUT2D eigenvalue weighted by Crippen LogP contribution is 2.20. The molecule has 4 nitrogen and oxygen atoms in total. The lowest BCUT2D eigenvalue weighted by molar-refractivity contribution is 0.581. The number of unbranched alkanes of at least 4 members (excludes halogenated alkanes) is 7. The van der Waals surface area contributed by atoms with Crippen LogP contribution in [0.15, 0.2) is 0 Å². The maximum Gasteiger partial charge on any atom is 0.224 e. The van der Waals surface area contributed by atoms with Gasteiger partial charge in [-0.1, -0.05) is 51.9 Å². The van der Waals surface area contributed by atoms with Crippen LogP contribution in [0.5, 0.6) is 0 Å². The van der Waals surface area contributed by atoms with Gasteiger partial charge in [0.05, 0.1) is 11.4 Å². The first kappa shape index (κ1) is 17.0. The summed E-state index contributed by atoms with van der Waals surface area (Å²) in [6.45, 7) is 4.97. The molecule has 1 heterocycles. The van der Waals surface area contributed by atoms with Crippen LogP contribution in [-0.2, 0) is 0 Å². The minimum absolute atomic E-state index is 0.245. The van der Waals surface area contributed by atoms with E-state index in [0.29, 0.717) is 11.5 Å². The number of nitrogens with two attached hydrogens (primary N) is 1. The van der Waals surface area contributed by atoms with E-state index < -0.39 is 0 Å². The fourth-order valence-electron chi connectivity index (χ4n) is 2.15. The Bertz CT molecular complexity index is 396. The molecule has 1 aromatic heterocycles. The van der Waals surface area contributed by atoms with Gasteiger partial charge in [0.15, 0.2) is 5.82 Å². The zero-order valence-electron chi connectivity index (χ0n) is 12.7. The molecule has 0 aromatic carbocycles. The average molecular weight is 299 g/mol. The van der Waals surface area contributed by atoms with Crippen molar-refractivity contribution in [3.63, 3.8) is 0 Å². The van der Waals surface area contributed by atoms with E-state index in [2.05, 4.69) is 22.2 Å². The lowest BCUT2D eigenvalue weighted by atomic mass is 10.1. The van der Waals surface area contributed by atoms with Crippen molar-refractivity contribution >= 4 is 23.1 Å². The number of aromatic nitrogens is 2. The quantitative estimate of drug-likeness (QED) is 0.490. The summed E-state index contributed by atoms with van der Waals surface area (Å²) < 4.78 is 0. The van der Waals surface area contributed by atoms with Crippen LogP contribution >= 0.6 is 11.6 Å². The minimum Gasteiger partial charge on any atom is -0.394 e. The molecule has 0 saturated heterocycles. The summed E-state index contributed by atoms with van der Waals surface area (Å²) in [4.78, 5) is 8.14. The first-order chi connectivity index (χ1) is 9.65. The monoisotopic (exact) mass is 298 g/mol. The Labute approximate surface area is 127 Å². The Hall–Kier alpha value is -1.03. The molecule has 1 aromatic rings. The number of hydrogen-bond donors (Lipinski definition) is 2. The molecule has 1 rings (SSSR count). The zero-order valence-corrected chi connectivity index (χ0v) is 13.5. The second kappa shape index (κ2) is 9.81. The topological polar surface area (TPSA) is 63.8 Å². The van der Waals surface area contributed by atoms with E-state index in [1.807, 2.05) is 6.92 Å². The van der Waals surface area contributed by atoms with Crippen LogP contribution in [0.3, 0.4) is 0 Å². The summed E-state index contributed by atoms with van der Waals surface area (Å²) >= 11 is 5.83. The smallest absolute Gasteiger partial charge is 0.224 e. The van der Waals surface area contributed by atoms with Gasteiger partial charge in [-0.05, 0) is 24.9 Å². The molecule has 0 fully saturated rings. The van der Waals surface area contributed by atoms with Crippen molar-refractivity contribution in [2.24, 2.45) is 0 Å². The average Bonchev–Trinajstić information content (AvgIpc) is 2.42. The normalized spacial score (nSPS) is 10.8. The third kappa shape index (κ3) is 6.42. The van der Waals surface area contributed by atoms with E-state index in [0.717, 1.165) is 18.7 Å². The van der Waals surface area contributed by atoms with Crippen molar-refractivity contribution in [1.82, 2.24) is 9.97 Å². The largest absolute Gasteiger partial charge is 0.394 e. The van der Waals surface area contributed by atoms with Crippen molar-refractivity contribution in [3.8, 4) is 0 Å². The highest BCUT2D eigenvalue weighted by molar-refractivity contribution is 6.28. The number of anilines is 2. The van der Waals surface area contributed by atoms with E-state index in [-0.39, 0.29) is 5.28 Å². The summed E-state index contributed by atoms with van der Waals surface area (Å²) in [7, 11) is 0. The van der Waals surface area contributed by atoms with Gasteiger partial charge in [0.1, 0.15) is 0 Å². The Balaban J connectivity index is 2.13. The summed E-state index contributed by atoms with van der Waals surface area (Å²) in [5.41, 5.74) is 7.23. The van der Waals surface area contributed by atoms with Gasteiger partial charge in [0.25, 0.3) is 0 Å². The van der Waals surface area contributed by atoms with Gasteiger partial charge in [-0.15, -0.1) is 0 Å². The molecule has 5 heteroatoms. The molecule has 0 bridgehead atoms. The van der Waals surface area contributed by atoms with Crippen molar-refractivity contribution in [1.29, 1.82) is 0 Å². The molecule has 0 aliphatic heterocycles. The Morgan fingerprint density at radius 2 is 1.60 bits per heavy atom. The number of rotatable bonds is 10. The fraction of sp³-hybridized carbons (Fsp3) is 0.733. The van der Waals surface area contributed by atoms with Gasteiger partial charge in [0.2, 0.25) is 5.28 Å². The molecule has 0 unspecified atom stereocenters. The van der Waals surface area contributed by atoms with Crippen molar-refractivity contribution in [2.75, 3.05) is 17.6 Å². The second-order valence-corrected chi connectivity index (χ2v) is 5.58. The van der Waals surface area contributed by atoms with Gasteiger partial charge in [0, 0.05) is 6.54 Å². The maximum absolute atomic E-state index is 5.91. The van der Waals surface area contributed by atoms with Crippen LogP contribution in [-0.4, -0.2) is 16.5 Å². The predicted molar refractivity (Wildman–Crippen MR) is 87.3 cm³/mol.